The molecule has 0 saturated heterocycles. The molecule has 0 radical (unpaired) electrons. The molecular weight excluding hydrogens is 411 g/mol. The second-order valence-corrected chi connectivity index (χ2v) is 10.8. The van der Waals surface area contributed by atoms with Gasteiger partial charge in [-0.25, -0.2) is 0 Å². The second kappa shape index (κ2) is 11.3. The fraction of sp³-hybridized carbons (Fsp3) is 0.241. The van der Waals surface area contributed by atoms with Gasteiger partial charge in [-0.2, -0.15) is 0 Å². The highest BCUT2D eigenvalue weighted by molar-refractivity contribution is 7.81. The van der Waals surface area contributed by atoms with Crippen molar-refractivity contribution in [3.8, 4) is 0 Å². The van der Waals surface area contributed by atoms with E-state index in [9.17, 15) is 9.67 Å². The van der Waals surface area contributed by atoms with Crippen LogP contribution in [0.3, 0.4) is 0 Å². The summed E-state index contributed by atoms with van der Waals surface area (Å²) in [5, 5.41) is 13.5. The van der Waals surface area contributed by atoms with Crippen LogP contribution in [-0.2, 0) is 10.2 Å². The third-order valence-corrected chi connectivity index (χ3v) is 8.72. The van der Waals surface area contributed by atoms with E-state index in [-0.39, 0.29) is 5.92 Å². The molecule has 0 saturated carbocycles. The topological polar surface area (TPSA) is 37.3 Å². The Hall–Kier alpha value is -2.67. The van der Waals surface area contributed by atoms with Gasteiger partial charge in [-0.1, -0.05) is 123 Å². The summed E-state index contributed by atoms with van der Waals surface area (Å²) in [7, 11) is -3.10. The van der Waals surface area contributed by atoms with Gasteiger partial charge in [-0.3, -0.25) is 0 Å². The summed E-state index contributed by atoms with van der Waals surface area (Å²) in [5.74, 6) is 1.55. The molecule has 0 aliphatic carbocycles. The van der Waals surface area contributed by atoms with Crippen LogP contribution in [0.1, 0.15) is 38.2 Å². The Morgan fingerprint density at radius 1 is 0.875 bits per heavy atom. The van der Waals surface area contributed by atoms with Gasteiger partial charge in [-0.15, -0.1) is 6.58 Å². The molecule has 1 N–H and O–H groups in total. The van der Waals surface area contributed by atoms with Crippen LogP contribution >= 0.6 is 7.14 Å². The van der Waals surface area contributed by atoms with Gasteiger partial charge in [-0.05, 0) is 23.9 Å². The van der Waals surface area contributed by atoms with Gasteiger partial charge in [0.2, 0.25) is 0 Å². The fourth-order valence-corrected chi connectivity index (χ4v) is 6.42. The first-order valence-electron chi connectivity index (χ1n) is 11.4. The summed E-state index contributed by atoms with van der Waals surface area (Å²) >= 11 is 0. The van der Waals surface area contributed by atoms with Crippen molar-refractivity contribution in [1.29, 1.82) is 0 Å². The van der Waals surface area contributed by atoms with E-state index < -0.39 is 12.7 Å². The summed E-state index contributed by atoms with van der Waals surface area (Å²) in [6.45, 7) is 6.20. The Morgan fingerprint density at radius 2 is 1.38 bits per heavy atom. The van der Waals surface area contributed by atoms with Crippen molar-refractivity contribution in [2.45, 2.75) is 38.2 Å². The largest absolute Gasteiger partial charge is 0.380 e. The molecular formula is C29H33O2P. The minimum atomic E-state index is -3.10. The second-order valence-electron chi connectivity index (χ2n) is 8.17. The molecule has 3 aromatic rings. The zero-order valence-corrected chi connectivity index (χ0v) is 19.7. The maximum Gasteiger partial charge on any atom is 0.163 e. The maximum atomic E-state index is 14.4. The van der Waals surface area contributed by atoms with E-state index in [4.69, 9.17) is 0 Å². The molecule has 0 aliphatic rings. The van der Waals surface area contributed by atoms with Gasteiger partial charge in [0.05, 0.1) is 0 Å². The Labute approximate surface area is 192 Å². The van der Waals surface area contributed by atoms with Crippen molar-refractivity contribution in [2.75, 3.05) is 0 Å². The highest BCUT2D eigenvalue weighted by atomic mass is 31.2. The van der Waals surface area contributed by atoms with Gasteiger partial charge < -0.3 is 9.67 Å². The SMILES string of the molecule is C=CC(CCCCC)[C@@](O)(/C=C/P(=O)(c1ccccc1)c1ccccc1)c1ccccc1. The number of aliphatic hydroxyl groups is 1. The third kappa shape index (κ3) is 5.38. The van der Waals surface area contributed by atoms with Crippen LogP contribution in [-0.4, -0.2) is 5.11 Å². The van der Waals surface area contributed by atoms with Crippen molar-refractivity contribution in [3.05, 3.63) is 121 Å². The van der Waals surface area contributed by atoms with Crippen LogP contribution in [0.15, 0.2) is 116 Å². The molecule has 3 rings (SSSR count). The number of unbranched alkanes of at least 4 members (excludes halogenated alkanes) is 2. The lowest BCUT2D eigenvalue weighted by atomic mass is 9.78. The van der Waals surface area contributed by atoms with E-state index >= 15 is 0 Å². The average Bonchev–Trinajstić information content (AvgIpc) is 2.86. The lowest BCUT2D eigenvalue weighted by Crippen LogP contribution is -2.32. The van der Waals surface area contributed by atoms with Crippen LogP contribution in [0.4, 0.5) is 0 Å². The Kier molecular flexibility index (Phi) is 8.45. The Bertz CT molecular complexity index is 1000. The first kappa shape index (κ1) is 24.0. The normalized spacial score (nSPS) is 14.7. The highest BCUT2D eigenvalue weighted by Crippen LogP contribution is 2.47. The number of hydrogen-bond acceptors (Lipinski definition) is 2. The summed E-state index contributed by atoms with van der Waals surface area (Å²) in [6, 6.07) is 28.7. The predicted molar refractivity (Wildman–Crippen MR) is 137 cm³/mol. The summed E-state index contributed by atoms with van der Waals surface area (Å²) in [4.78, 5) is 0. The quantitative estimate of drug-likeness (QED) is 0.201. The van der Waals surface area contributed by atoms with E-state index in [1.807, 2.05) is 97.1 Å². The molecule has 0 bridgehead atoms. The standard InChI is InChI=1S/C29H33O2P/c1-3-5-9-16-25(4-2)29(30,26-17-10-6-11-18-26)23-24-32(31,27-19-12-7-13-20-27)28-21-14-8-15-22-28/h4,6-8,10-15,17-25,30H,2-3,5,9,16H2,1H3/b24-23+/t25?,29-/m0/s1. The van der Waals surface area contributed by atoms with Crippen LogP contribution < -0.4 is 10.6 Å². The molecule has 0 amide bonds. The molecule has 2 nitrogen and oxygen atoms in total. The van der Waals surface area contributed by atoms with Gasteiger partial charge >= 0.3 is 0 Å². The smallest absolute Gasteiger partial charge is 0.163 e. The average molecular weight is 445 g/mol. The van der Waals surface area contributed by atoms with E-state index in [0.717, 1.165) is 41.9 Å². The monoisotopic (exact) mass is 444 g/mol. The van der Waals surface area contributed by atoms with Crippen molar-refractivity contribution >= 4 is 17.8 Å². The van der Waals surface area contributed by atoms with E-state index in [2.05, 4.69) is 13.5 Å². The predicted octanol–water partition coefficient (Wildman–Crippen LogP) is 6.78. The zero-order valence-electron chi connectivity index (χ0n) is 18.8. The Balaban J connectivity index is 2.11. The molecule has 166 valence electrons. The molecule has 0 spiro atoms. The number of hydrogen-bond donors (Lipinski definition) is 1. The highest BCUT2D eigenvalue weighted by Gasteiger charge is 2.35. The van der Waals surface area contributed by atoms with Gasteiger partial charge in [0.1, 0.15) is 5.60 Å². The number of benzene rings is 3. The van der Waals surface area contributed by atoms with Gasteiger partial charge in [0, 0.05) is 16.5 Å². The lowest BCUT2D eigenvalue weighted by Gasteiger charge is -2.33. The van der Waals surface area contributed by atoms with Crippen molar-refractivity contribution < 1.29 is 9.67 Å². The molecule has 3 heteroatoms. The van der Waals surface area contributed by atoms with Crippen LogP contribution in [0.25, 0.3) is 0 Å². The zero-order chi connectivity index (χ0) is 22.9. The van der Waals surface area contributed by atoms with Crippen LogP contribution in [0.2, 0.25) is 0 Å². The molecule has 32 heavy (non-hydrogen) atoms. The molecule has 0 heterocycles. The first-order valence-corrected chi connectivity index (χ1v) is 13.1. The molecule has 1 unspecified atom stereocenters. The Morgan fingerprint density at radius 3 is 1.84 bits per heavy atom. The van der Waals surface area contributed by atoms with Gasteiger partial charge in [0.25, 0.3) is 0 Å². The van der Waals surface area contributed by atoms with E-state index in [0.29, 0.717) is 0 Å². The maximum absolute atomic E-state index is 14.4. The lowest BCUT2D eigenvalue weighted by molar-refractivity contribution is 0.0401. The molecule has 2 atom stereocenters. The minimum absolute atomic E-state index is 0.187. The minimum Gasteiger partial charge on any atom is -0.380 e. The molecule has 3 aromatic carbocycles. The van der Waals surface area contributed by atoms with E-state index in [1.165, 1.54) is 0 Å². The molecule has 0 aromatic heterocycles. The van der Waals surface area contributed by atoms with Crippen molar-refractivity contribution in [2.24, 2.45) is 5.92 Å². The van der Waals surface area contributed by atoms with Gasteiger partial charge in [0.15, 0.2) is 7.14 Å². The molecule has 0 fully saturated rings. The third-order valence-electron chi connectivity index (χ3n) is 6.02. The van der Waals surface area contributed by atoms with E-state index in [1.54, 1.807) is 11.9 Å². The van der Waals surface area contributed by atoms with Crippen molar-refractivity contribution in [3.63, 3.8) is 0 Å². The molecule has 0 aliphatic heterocycles. The van der Waals surface area contributed by atoms with Crippen LogP contribution in [0.5, 0.6) is 0 Å². The number of rotatable bonds is 11. The first-order chi connectivity index (χ1) is 15.5. The summed E-state index contributed by atoms with van der Waals surface area (Å²) < 4.78 is 14.4. The fourth-order valence-electron chi connectivity index (χ4n) is 4.11. The van der Waals surface area contributed by atoms with Crippen molar-refractivity contribution in [1.82, 2.24) is 0 Å². The van der Waals surface area contributed by atoms with Crippen LogP contribution in [0, 0.1) is 5.92 Å². The summed E-state index contributed by atoms with van der Waals surface area (Å²) in [5.41, 5.74) is -0.513. The summed E-state index contributed by atoms with van der Waals surface area (Å²) in [6.07, 6.45) is 7.62.